The fourth-order valence-electron chi connectivity index (χ4n) is 2.20. The minimum absolute atomic E-state index is 0.126. The Morgan fingerprint density at radius 2 is 2.29 bits per heavy atom. The number of aromatic nitrogens is 2. The number of benzene rings is 1. The Kier molecular flexibility index (Phi) is 4.29. The van der Waals surface area contributed by atoms with Crippen LogP contribution in [0.3, 0.4) is 0 Å². The maximum absolute atomic E-state index is 11.8. The van der Waals surface area contributed by atoms with Gasteiger partial charge < -0.3 is 4.74 Å². The fourth-order valence-corrected chi connectivity index (χ4v) is 2.40. The molecule has 0 saturated heterocycles. The van der Waals surface area contributed by atoms with Gasteiger partial charge in [-0.1, -0.05) is 11.6 Å². The predicted octanol–water partition coefficient (Wildman–Crippen LogP) is 3.25. The molecule has 1 aromatic heterocycles. The van der Waals surface area contributed by atoms with Gasteiger partial charge in [0.2, 0.25) is 0 Å². The van der Waals surface area contributed by atoms with Gasteiger partial charge in [-0.3, -0.25) is 9.48 Å². The molecule has 0 aliphatic carbocycles. The van der Waals surface area contributed by atoms with Crippen molar-refractivity contribution in [2.45, 2.75) is 20.4 Å². The summed E-state index contributed by atoms with van der Waals surface area (Å²) in [5, 5.41) is 13.3. The molecule has 21 heavy (non-hydrogen) atoms. The van der Waals surface area contributed by atoms with Gasteiger partial charge in [0.05, 0.1) is 24.9 Å². The van der Waals surface area contributed by atoms with Crippen LogP contribution < -0.4 is 4.74 Å². The second-order valence-corrected chi connectivity index (χ2v) is 4.99. The molecule has 0 aliphatic heterocycles. The van der Waals surface area contributed by atoms with E-state index < -0.39 is 0 Å². The van der Waals surface area contributed by atoms with Crippen LogP contribution in [-0.4, -0.2) is 22.7 Å². The van der Waals surface area contributed by atoms with Crippen LogP contribution >= 0.6 is 11.6 Å². The van der Waals surface area contributed by atoms with E-state index in [9.17, 15) is 4.79 Å². The lowest BCUT2D eigenvalue weighted by atomic mass is 9.97. The molecule has 0 fully saturated rings. The highest BCUT2D eigenvalue weighted by Gasteiger charge is 2.20. The number of halogens is 1. The van der Waals surface area contributed by atoms with E-state index in [0.29, 0.717) is 16.3 Å². The van der Waals surface area contributed by atoms with Crippen molar-refractivity contribution >= 4 is 17.4 Å². The summed E-state index contributed by atoms with van der Waals surface area (Å²) < 4.78 is 6.93. The number of rotatable bonds is 4. The van der Waals surface area contributed by atoms with Gasteiger partial charge in [0.1, 0.15) is 12.3 Å². The first-order valence-electron chi connectivity index (χ1n) is 6.27. The molecule has 2 aromatic rings. The third-order valence-electron chi connectivity index (χ3n) is 3.21. The Morgan fingerprint density at radius 1 is 1.57 bits per heavy atom. The maximum Gasteiger partial charge on any atom is 0.163 e. The van der Waals surface area contributed by atoms with Gasteiger partial charge in [-0.2, -0.15) is 10.4 Å². The van der Waals surface area contributed by atoms with E-state index in [4.69, 9.17) is 21.6 Å². The molecule has 6 heteroatoms. The minimum Gasteiger partial charge on any atom is -0.495 e. The average Bonchev–Trinajstić information content (AvgIpc) is 2.89. The number of hydrogen-bond acceptors (Lipinski definition) is 4. The van der Waals surface area contributed by atoms with Crippen LogP contribution in [0.1, 0.15) is 22.8 Å². The van der Waals surface area contributed by atoms with E-state index in [2.05, 4.69) is 5.10 Å². The van der Waals surface area contributed by atoms with Gasteiger partial charge in [0.25, 0.3) is 0 Å². The highest BCUT2D eigenvalue weighted by molar-refractivity contribution is 6.32. The monoisotopic (exact) mass is 303 g/mol. The molecular formula is C15H14ClN3O2. The Balaban J connectivity index is 2.71. The van der Waals surface area contributed by atoms with Gasteiger partial charge in [0, 0.05) is 22.3 Å². The molecule has 2 rings (SSSR count). The number of nitrogens with zero attached hydrogens (tertiary/aromatic N) is 3. The molecule has 0 bridgehead atoms. The zero-order chi connectivity index (χ0) is 15.6. The zero-order valence-electron chi connectivity index (χ0n) is 12.0. The van der Waals surface area contributed by atoms with Crippen LogP contribution in [0.15, 0.2) is 18.5 Å². The van der Waals surface area contributed by atoms with Crippen molar-refractivity contribution in [2.24, 2.45) is 0 Å². The highest BCUT2D eigenvalue weighted by atomic mass is 35.5. The number of ether oxygens (including phenoxy) is 1. The number of hydrogen-bond donors (Lipinski definition) is 0. The maximum atomic E-state index is 11.8. The number of carbonyl (C=O) groups excluding carboxylic acids is 1. The molecule has 0 saturated carbocycles. The number of nitriles is 1. The Morgan fingerprint density at radius 3 is 2.86 bits per heavy atom. The Bertz CT molecular complexity index is 744. The van der Waals surface area contributed by atoms with E-state index in [0.717, 1.165) is 16.7 Å². The smallest absolute Gasteiger partial charge is 0.163 e. The summed E-state index contributed by atoms with van der Waals surface area (Å²) in [6.07, 6.45) is 3.36. The first-order valence-corrected chi connectivity index (χ1v) is 6.65. The van der Waals surface area contributed by atoms with E-state index in [1.54, 1.807) is 18.5 Å². The first kappa shape index (κ1) is 15.1. The minimum atomic E-state index is -0.126. The Hall–Kier alpha value is -2.32. The van der Waals surface area contributed by atoms with Crippen LogP contribution in [0, 0.1) is 18.3 Å². The van der Waals surface area contributed by atoms with Gasteiger partial charge in [-0.15, -0.1) is 0 Å². The van der Waals surface area contributed by atoms with E-state index >= 15 is 0 Å². The van der Waals surface area contributed by atoms with E-state index in [1.165, 1.54) is 18.7 Å². The average molecular weight is 304 g/mol. The zero-order valence-corrected chi connectivity index (χ0v) is 12.7. The molecule has 0 amide bonds. The summed E-state index contributed by atoms with van der Waals surface area (Å²) in [7, 11) is 1.51. The summed E-state index contributed by atoms with van der Waals surface area (Å²) >= 11 is 6.22. The molecule has 0 radical (unpaired) electrons. The molecule has 108 valence electrons. The van der Waals surface area contributed by atoms with Crippen LogP contribution in [0.4, 0.5) is 0 Å². The quantitative estimate of drug-likeness (QED) is 0.813. The highest BCUT2D eigenvalue weighted by Crippen LogP contribution is 2.39. The molecule has 0 unspecified atom stereocenters. The van der Waals surface area contributed by atoms with Crippen molar-refractivity contribution < 1.29 is 9.53 Å². The summed E-state index contributed by atoms with van der Waals surface area (Å²) in [6.45, 7) is 3.47. The van der Waals surface area contributed by atoms with E-state index in [-0.39, 0.29) is 12.3 Å². The molecule has 0 N–H and O–H groups in total. The molecule has 0 spiro atoms. The SMILES string of the molecule is COc1c(C(C)=O)cc(Cl)c(C)c1-c1cnn(CC#N)c1. The third kappa shape index (κ3) is 2.76. The molecule has 1 aromatic carbocycles. The van der Waals surface area contributed by atoms with Gasteiger partial charge in [-0.25, -0.2) is 0 Å². The van der Waals surface area contributed by atoms with Crippen molar-refractivity contribution in [3.8, 4) is 22.9 Å². The van der Waals surface area contributed by atoms with Crippen molar-refractivity contribution in [2.75, 3.05) is 7.11 Å². The molecular weight excluding hydrogens is 290 g/mol. The normalized spacial score (nSPS) is 10.2. The van der Waals surface area contributed by atoms with Gasteiger partial charge in [-0.05, 0) is 25.5 Å². The Labute approximate surface area is 127 Å². The number of carbonyl (C=O) groups is 1. The lowest BCUT2D eigenvalue weighted by Gasteiger charge is -2.15. The second-order valence-electron chi connectivity index (χ2n) is 4.58. The van der Waals surface area contributed by atoms with Crippen molar-refractivity contribution in [3.63, 3.8) is 0 Å². The number of ketones is 1. The summed E-state index contributed by atoms with van der Waals surface area (Å²) in [4.78, 5) is 11.8. The topological polar surface area (TPSA) is 67.9 Å². The van der Waals surface area contributed by atoms with Crippen LogP contribution in [0.25, 0.3) is 11.1 Å². The lowest BCUT2D eigenvalue weighted by Crippen LogP contribution is -2.02. The number of Topliss-reactive ketones (excluding diaryl/α,β-unsaturated/α-hetero) is 1. The van der Waals surface area contributed by atoms with E-state index in [1.807, 2.05) is 13.0 Å². The molecule has 5 nitrogen and oxygen atoms in total. The summed E-state index contributed by atoms with van der Waals surface area (Å²) in [5.74, 6) is 0.348. The molecule has 0 atom stereocenters. The van der Waals surface area contributed by atoms with Gasteiger partial charge in [0.15, 0.2) is 5.78 Å². The van der Waals surface area contributed by atoms with Crippen molar-refractivity contribution in [1.82, 2.24) is 9.78 Å². The predicted molar refractivity (Wildman–Crippen MR) is 79.6 cm³/mol. The summed E-state index contributed by atoms with van der Waals surface area (Å²) in [6, 6.07) is 3.63. The molecule has 1 heterocycles. The van der Waals surface area contributed by atoms with Crippen LogP contribution in [-0.2, 0) is 6.54 Å². The lowest BCUT2D eigenvalue weighted by molar-refractivity contribution is 0.101. The van der Waals surface area contributed by atoms with Crippen molar-refractivity contribution in [3.05, 3.63) is 34.6 Å². The fraction of sp³-hybridized carbons (Fsp3) is 0.267. The third-order valence-corrected chi connectivity index (χ3v) is 3.61. The van der Waals surface area contributed by atoms with Crippen LogP contribution in [0.5, 0.6) is 5.75 Å². The standard InChI is InChI=1S/C15H14ClN3O2/c1-9-13(16)6-12(10(2)20)15(21-3)14(9)11-7-18-19(8-11)5-4-17/h6-8H,5H2,1-3H3. The largest absolute Gasteiger partial charge is 0.495 e. The summed E-state index contributed by atoms with van der Waals surface area (Å²) in [5.41, 5.74) is 2.70. The first-order chi connectivity index (χ1) is 9.99. The number of methoxy groups -OCH3 is 1. The van der Waals surface area contributed by atoms with Gasteiger partial charge >= 0.3 is 0 Å². The molecule has 0 aliphatic rings. The second kappa shape index (κ2) is 5.98. The van der Waals surface area contributed by atoms with Crippen LogP contribution in [0.2, 0.25) is 5.02 Å². The van der Waals surface area contributed by atoms with Crippen molar-refractivity contribution in [1.29, 1.82) is 5.26 Å².